The predicted molar refractivity (Wildman–Crippen MR) is 86.5 cm³/mol. The minimum atomic E-state index is 0.449. The van der Waals surface area contributed by atoms with Gasteiger partial charge in [-0.05, 0) is 23.8 Å². The third kappa shape index (κ3) is 2.14. The monoisotopic (exact) mass is 308 g/mol. The van der Waals surface area contributed by atoms with E-state index in [9.17, 15) is 0 Å². The number of hydrogen-bond donors (Lipinski definition) is 1. The lowest BCUT2D eigenvalue weighted by molar-refractivity contribution is 0.293. The van der Waals surface area contributed by atoms with Gasteiger partial charge in [-0.2, -0.15) is 9.61 Å². The van der Waals surface area contributed by atoms with Crippen molar-refractivity contribution in [1.82, 2.24) is 19.8 Å². The van der Waals surface area contributed by atoms with E-state index in [0.29, 0.717) is 22.9 Å². The number of benzene rings is 2. The molecule has 0 amide bonds. The number of aromatic amines is 1. The molecule has 5 nitrogen and oxygen atoms in total. The molecular formula is C16H12N4OS. The van der Waals surface area contributed by atoms with Gasteiger partial charge in [-0.15, -0.1) is 5.10 Å². The summed E-state index contributed by atoms with van der Waals surface area (Å²) >= 11 is 5.21. The number of aromatic nitrogens is 4. The van der Waals surface area contributed by atoms with Crippen LogP contribution in [0.2, 0.25) is 0 Å². The molecule has 22 heavy (non-hydrogen) atoms. The second-order valence-electron chi connectivity index (χ2n) is 4.89. The SMILES string of the molecule is S=c1[nH]nc2c3ccccc3c(OCc3ccccc3)nn12. The van der Waals surface area contributed by atoms with E-state index in [1.54, 1.807) is 4.52 Å². The van der Waals surface area contributed by atoms with Crippen LogP contribution in [0, 0.1) is 4.77 Å². The second-order valence-corrected chi connectivity index (χ2v) is 5.28. The molecule has 2 aromatic carbocycles. The summed E-state index contributed by atoms with van der Waals surface area (Å²) in [5.41, 5.74) is 1.79. The largest absolute Gasteiger partial charge is 0.471 e. The Bertz CT molecular complexity index is 1010. The fourth-order valence-electron chi connectivity index (χ4n) is 2.40. The van der Waals surface area contributed by atoms with Crippen molar-refractivity contribution in [2.75, 3.05) is 0 Å². The summed E-state index contributed by atoms with van der Waals surface area (Å²) in [6.07, 6.45) is 0. The van der Waals surface area contributed by atoms with E-state index in [1.807, 2.05) is 54.6 Å². The van der Waals surface area contributed by atoms with Crippen LogP contribution in [0.15, 0.2) is 54.6 Å². The molecule has 0 aliphatic rings. The van der Waals surface area contributed by atoms with Gasteiger partial charge < -0.3 is 4.74 Å². The number of fused-ring (bicyclic) bond motifs is 3. The van der Waals surface area contributed by atoms with Crippen molar-refractivity contribution in [3.05, 3.63) is 64.9 Å². The maximum Gasteiger partial charge on any atom is 0.240 e. The van der Waals surface area contributed by atoms with Crippen molar-refractivity contribution in [2.24, 2.45) is 0 Å². The Balaban J connectivity index is 1.84. The average Bonchev–Trinajstić information content (AvgIpc) is 2.95. The van der Waals surface area contributed by atoms with Gasteiger partial charge in [0.15, 0.2) is 5.65 Å². The smallest absolute Gasteiger partial charge is 0.240 e. The molecule has 0 fully saturated rings. The average molecular weight is 308 g/mol. The molecular weight excluding hydrogens is 296 g/mol. The minimum absolute atomic E-state index is 0.449. The number of hydrogen-bond acceptors (Lipinski definition) is 4. The molecule has 108 valence electrons. The van der Waals surface area contributed by atoms with Gasteiger partial charge >= 0.3 is 0 Å². The molecule has 4 aromatic rings. The van der Waals surface area contributed by atoms with E-state index in [1.165, 1.54) is 0 Å². The summed E-state index contributed by atoms with van der Waals surface area (Å²) in [5.74, 6) is 0.546. The number of rotatable bonds is 3. The van der Waals surface area contributed by atoms with Gasteiger partial charge in [0, 0.05) is 10.8 Å². The standard InChI is InChI=1S/C16H12N4OS/c22-16-18-17-14-12-8-4-5-9-13(12)15(19-20(14)16)21-10-11-6-2-1-3-7-11/h1-9H,10H2,(H,18,22). The summed E-state index contributed by atoms with van der Waals surface area (Å²) < 4.78 is 7.96. The maximum atomic E-state index is 5.92. The first-order chi connectivity index (χ1) is 10.8. The molecule has 0 spiro atoms. The molecule has 6 heteroatoms. The van der Waals surface area contributed by atoms with Gasteiger partial charge in [-0.25, -0.2) is 5.10 Å². The highest BCUT2D eigenvalue weighted by Gasteiger charge is 2.11. The zero-order valence-electron chi connectivity index (χ0n) is 11.6. The molecule has 0 aliphatic heterocycles. The van der Waals surface area contributed by atoms with Gasteiger partial charge in [0.2, 0.25) is 10.7 Å². The lowest BCUT2D eigenvalue weighted by Crippen LogP contribution is -2.02. The number of H-pyrrole nitrogens is 1. The Hall–Kier alpha value is -2.73. The van der Waals surface area contributed by atoms with E-state index in [-0.39, 0.29) is 0 Å². The molecule has 1 N–H and O–H groups in total. The zero-order valence-corrected chi connectivity index (χ0v) is 12.4. The van der Waals surface area contributed by atoms with E-state index >= 15 is 0 Å². The molecule has 2 aromatic heterocycles. The maximum absolute atomic E-state index is 5.92. The molecule has 0 aliphatic carbocycles. The third-order valence-corrected chi connectivity index (χ3v) is 3.72. The van der Waals surface area contributed by atoms with Crippen LogP contribution in [0.1, 0.15) is 5.56 Å². The fourth-order valence-corrected chi connectivity index (χ4v) is 2.57. The van der Waals surface area contributed by atoms with Crippen molar-refractivity contribution in [2.45, 2.75) is 6.61 Å². The first kappa shape index (κ1) is 13.0. The first-order valence-corrected chi connectivity index (χ1v) is 7.26. The highest BCUT2D eigenvalue weighted by atomic mass is 32.1. The molecule has 0 unspecified atom stereocenters. The van der Waals surface area contributed by atoms with E-state index in [0.717, 1.165) is 16.3 Å². The van der Waals surface area contributed by atoms with Crippen molar-refractivity contribution >= 4 is 28.6 Å². The summed E-state index contributed by atoms with van der Waals surface area (Å²) in [4.78, 5) is 0. The number of nitrogens with one attached hydrogen (secondary N) is 1. The second kappa shape index (κ2) is 5.23. The summed E-state index contributed by atoms with van der Waals surface area (Å²) in [6.45, 7) is 0.453. The molecule has 4 rings (SSSR count). The van der Waals surface area contributed by atoms with Crippen LogP contribution >= 0.6 is 12.2 Å². The molecule has 0 saturated heterocycles. The Morgan fingerprint density at radius 2 is 1.73 bits per heavy atom. The third-order valence-electron chi connectivity index (χ3n) is 3.46. The Morgan fingerprint density at radius 1 is 1.00 bits per heavy atom. The van der Waals surface area contributed by atoms with Crippen molar-refractivity contribution in [3.8, 4) is 5.88 Å². The first-order valence-electron chi connectivity index (χ1n) is 6.86. The quantitative estimate of drug-likeness (QED) is 0.588. The Kier molecular flexibility index (Phi) is 3.08. The van der Waals surface area contributed by atoms with Gasteiger partial charge in [0.1, 0.15) is 6.61 Å². The van der Waals surface area contributed by atoms with E-state index in [2.05, 4.69) is 15.3 Å². The van der Waals surface area contributed by atoms with Crippen molar-refractivity contribution < 1.29 is 4.74 Å². The van der Waals surface area contributed by atoms with Gasteiger partial charge in [-0.3, -0.25) is 0 Å². The summed E-state index contributed by atoms with van der Waals surface area (Å²) in [6, 6.07) is 17.9. The molecule has 0 radical (unpaired) electrons. The molecule has 0 atom stereocenters. The molecule has 0 saturated carbocycles. The fraction of sp³-hybridized carbons (Fsp3) is 0.0625. The summed E-state index contributed by atoms with van der Waals surface area (Å²) in [5, 5.41) is 13.3. The molecule has 2 heterocycles. The number of ether oxygens (including phenoxy) is 1. The van der Waals surface area contributed by atoms with Crippen LogP contribution in [-0.2, 0) is 6.61 Å². The van der Waals surface area contributed by atoms with Crippen LogP contribution < -0.4 is 4.74 Å². The lowest BCUT2D eigenvalue weighted by Gasteiger charge is -2.09. The van der Waals surface area contributed by atoms with Gasteiger partial charge in [-0.1, -0.05) is 48.5 Å². The van der Waals surface area contributed by atoms with Crippen molar-refractivity contribution in [3.63, 3.8) is 0 Å². The van der Waals surface area contributed by atoms with Crippen LogP contribution in [0.25, 0.3) is 16.4 Å². The zero-order chi connectivity index (χ0) is 14.9. The van der Waals surface area contributed by atoms with Crippen molar-refractivity contribution in [1.29, 1.82) is 0 Å². The Labute approximate surface area is 131 Å². The minimum Gasteiger partial charge on any atom is -0.471 e. The highest BCUT2D eigenvalue weighted by Crippen LogP contribution is 2.26. The van der Waals surface area contributed by atoms with Crippen LogP contribution in [0.4, 0.5) is 0 Å². The Morgan fingerprint density at radius 3 is 2.55 bits per heavy atom. The van der Waals surface area contributed by atoms with Crippen LogP contribution in [0.5, 0.6) is 5.88 Å². The van der Waals surface area contributed by atoms with E-state index < -0.39 is 0 Å². The normalized spacial score (nSPS) is 11.1. The van der Waals surface area contributed by atoms with Crippen LogP contribution in [0.3, 0.4) is 0 Å². The van der Waals surface area contributed by atoms with Gasteiger partial charge in [0.25, 0.3) is 0 Å². The predicted octanol–water partition coefficient (Wildman–Crippen LogP) is 3.52. The lowest BCUT2D eigenvalue weighted by atomic mass is 10.2. The highest BCUT2D eigenvalue weighted by molar-refractivity contribution is 7.71. The molecule has 0 bridgehead atoms. The summed E-state index contributed by atoms with van der Waals surface area (Å²) in [7, 11) is 0. The number of nitrogens with zero attached hydrogens (tertiary/aromatic N) is 3. The van der Waals surface area contributed by atoms with Crippen LogP contribution in [-0.4, -0.2) is 19.8 Å². The van der Waals surface area contributed by atoms with Gasteiger partial charge in [0.05, 0.1) is 0 Å². The van der Waals surface area contributed by atoms with E-state index in [4.69, 9.17) is 17.0 Å². The topological polar surface area (TPSA) is 55.2 Å².